The Morgan fingerprint density at radius 3 is 2.56 bits per heavy atom. The molecule has 1 fully saturated rings. The second-order valence-electron chi connectivity index (χ2n) is 4.45. The summed E-state index contributed by atoms with van der Waals surface area (Å²) in [5.41, 5.74) is 0. The summed E-state index contributed by atoms with van der Waals surface area (Å²) in [4.78, 5) is 4.10. The molecular formula is C10H21N3O2S. The minimum Gasteiger partial charge on any atom is -0.354 e. The Hall–Kier alpha value is -0.780. The van der Waals surface area contributed by atoms with Gasteiger partial charge in [-0.1, -0.05) is 0 Å². The lowest BCUT2D eigenvalue weighted by atomic mass is 10.3. The van der Waals surface area contributed by atoms with Gasteiger partial charge in [0.05, 0.1) is 5.75 Å². The van der Waals surface area contributed by atoms with Gasteiger partial charge in [-0.2, -0.15) is 0 Å². The molecule has 0 spiro atoms. The molecule has 1 aliphatic rings. The Balaban J connectivity index is 2.28. The standard InChI is InChI=1S/C10H21N3O2S/c1-8(6-7-16(3,14)15)12-10(11-2)13-9-4-5-9/h8-9H,4-7H2,1-3H3,(H2,11,12,13). The van der Waals surface area contributed by atoms with Gasteiger partial charge in [-0.15, -0.1) is 0 Å². The molecule has 1 rings (SSSR count). The minimum atomic E-state index is -2.87. The highest BCUT2D eigenvalue weighted by Gasteiger charge is 2.22. The van der Waals surface area contributed by atoms with Gasteiger partial charge >= 0.3 is 0 Å². The normalized spacial score (nSPS) is 19.3. The Bertz CT molecular complexity index is 347. The van der Waals surface area contributed by atoms with Gasteiger partial charge in [0.15, 0.2) is 5.96 Å². The molecule has 0 aliphatic heterocycles. The van der Waals surface area contributed by atoms with Crippen molar-refractivity contribution in [2.45, 2.75) is 38.3 Å². The number of guanidine groups is 1. The van der Waals surface area contributed by atoms with E-state index in [1.54, 1.807) is 7.05 Å². The molecule has 0 heterocycles. The second-order valence-corrected chi connectivity index (χ2v) is 6.71. The van der Waals surface area contributed by atoms with Crippen LogP contribution in [-0.2, 0) is 9.84 Å². The third kappa shape index (κ3) is 5.95. The van der Waals surface area contributed by atoms with Crippen molar-refractivity contribution >= 4 is 15.8 Å². The number of hydrogen-bond acceptors (Lipinski definition) is 3. The Morgan fingerprint density at radius 2 is 2.12 bits per heavy atom. The van der Waals surface area contributed by atoms with Crippen molar-refractivity contribution < 1.29 is 8.42 Å². The highest BCUT2D eigenvalue weighted by atomic mass is 32.2. The smallest absolute Gasteiger partial charge is 0.191 e. The molecule has 6 heteroatoms. The zero-order valence-electron chi connectivity index (χ0n) is 10.2. The van der Waals surface area contributed by atoms with Gasteiger partial charge < -0.3 is 10.6 Å². The van der Waals surface area contributed by atoms with Crippen LogP contribution in [0.15, 0.2) is 4.99 Å². The van der Waals surface area contributed by atoms with E-state index in [1.165, 1.54) is 19.1 Å². The van der Waals surface area contributed by atoms with Crippen LogP contribution in [0.1, 0.15) is 26.2 Å². The summed E-state index contributed by atoms with van der Waals surface area (Å²) in [6.07, 6.45) is 4.25. The van der Waals surface area contributed by atoms with Crippen LogP contribution in [0.5, 0.6) is 0 Å². The summed E-state index contributed by atoms with van der Waals surface area (Å²) in [5, 5.41) is 6.44. The molecule has 0 saturated heterocycles. The average molecular weight is 247 g/mol. The molecule has 0 radical (unpaired) electrons. The number of hydrogen-bond donors (Lipinski definition) is 2. The predicted molar refractivity (Wildman–Crippen MR) is 66.4 cm³/mol. The lowest BCUT2D eigenvalue weighted by molar-refractivity contribution is 0.581. The van der Waals surface area contributed by atoms with Crippen molar-refractivity contribution in [3.05, 3.63) is 0 Å². The molecule has 2 N–H and O–H groups in total. The molecule has 0 aromatic rings. The molecule has 1 atom stereocenters. The number of nitrogens with one attached hydrogen (secondary N) is 2. The van der Waals surface area contributed by atoms with Gasteiger partial charge in [0.25, 0.3) is 0 Å². The maximum Gasteiger partial charge on any atom is 0.191 e. The monoisotopic (exact) mass is 247 g/mol. The molecule has 0 aromatic heterocycles. The first-order chi connectivity index (χ1) is 7.40. The Morgan fingerprint density at radius 1 is 1.50 bits per heavy atom. The van der Waals surface area contributed by atoms with E-state index in [4.69, 9.17) is 0 Å². The van der Waals surface area contributed by atoms with E-state index < -0.39 is 9.84 Å². The highest BCUT2D eigenvalue weighted by Crippen LogP contribution is 2.18. The summed E-state index contributed by atoms with van der Waals surface area (Å²) >= 11 is 0. The molecule has 1 aliphatic carbocycles. The van der Waals surface area contributed by atoms with Crippen molar-refractivity contribution in [3.63, 3.8) is 0 Å². The van der Waals surface area contributed by atoms with Crippen molar-refractivity contribution in [1.29, 1.82) is 0 Å². The van der Waals surface area contributed by atoms with E-state index in [0.717, 1.165) is 5.96 Å². The van der Waals surface area contributed by atoms with E-state index >= 15 is 0 Å². The van der Waals surface area contributed by atoms with Crippen molar-refractivity contribution in [2.24, 2.45) is 4.99 Å². The fourth-order valence-corrected chi connectivity index (χ4v) is 2.07. The highest BCUT2D eigenvalue weighted by molar-refractivity contribution is 7.90. The summed E-state index contributed by atoms with van der Waals surface area (Å²) in [7, 11) is -1.15. The molecule has 1 unspecified atom stereocenters. The maximum absolute atomic E-state index is 11.0. The molecule has 1 saturated carbocycles. The third-order valence-corrected chi connectivity index (χ3v) is 3.42. The van der Waals surface area contributed by atoms with Crippen molar-refractivity contribution in [3.8, 4) is 0 Å². The molecule has 5 nitrogen and oxygen atoms in total. The van der Waals surface area contributed by atoms with Crippen molar-refractivity contribution in [2.75, 3.05) is 19.1 Å². The quantitative estimate of drug-likeness (QED) is 0.535. The number of nitrogens with zero attached hydrogens (tertiary/aromatic N) is 1. The summed E-state index contributed by atoms with van der Waals surface area (Å²) in [6.45, 7) is 1.96. The average Bonchev–Trinajstić information content (AvgIpc) is 2.96. The van der Waals surface area contributed by atoms with Gasteiger partial charge in [0.1, 0.15) is 9.84 Å². The van der Waals surface area contributed by atoms with Crippen LogP contribution in [0.25, 0.3) is 0 Å². The fourth-order valence-electron chi connectivity index (χ4n) is 1.29. The number of sulfone groups is 1. The first-order valence-electron chi connectivity index (χ1n) is 5.58. The van der Waals surface area contributed by atoms with Crippen LogP contribution in [0.4, 0.5) is 0 Å². The van der Waals surface area contributed by atoms with Gasteiger partial charge in [-0.3, -0.25) is 4.99 Å². The van der Waals surface area contributed by atoms with Crippen LogP contribution >= 0.6 is 0 Å². The van der Waals surface area contributed by atoms with E-state index in [9.17, 15) is 8.42 Å². The van der Waals surface area contributed by atoms with Crippen LogP contribution in [0, 0.1) is 0 Å². The molecule has 0 bridgehead atoms. The van der Waals surface area contributed by atoms with Crippen LogP contribution < -0.4 is 10.6 Å². The minimum absolute atomic E-state index is 0.111. The van der Waals surface area contributed by atoms with Crippen LogP contribution in [0.2, 0.25) is 0 Å². The fraction of sp³-hybridized carbons (Fsp3) is 0.900. The lowest BCUT2D eigenvalue weighted by Crippen LogP contribution is -2.43. The summed E-state index contributed by atoms with van der Waals surface area (Å²) in [5.74, 6) is 0.977. The topological polar surface area (TPSA) is 70.6 Å². The maximum atomic E-state index is 11.0. The first-order valence-corrected chi connectivity index (χ1v) is 7.64. The van der Waals surface area contributed by atoms with Crippen molar-refractivity contribution in [1.82, 2.24) is 10.6 Å². The largest absolute Gasteiger partial charge is 0.354 e. The summed E-state index contributed by atoms with van der Waals surface area (Å²) in [6, 6.07) is 0.660. The Kier molecular flexibility index (Phi) is 4.58. The zero-order valence-corrected chi connectivity index (χ0v) is 11.0. The SMILES string of the molecule is CN=C(NC(C)CCS(C)(=O)=O)NC1CC1. The molecule has 0 aromatic carbocycles. The zero-order chi connectivity index (χ0) is 12.2. The van der Waals surface area contributed by atoms with Gasteiger partial charge in [-0.05, 0) is 26.2 Å². The predicted octanol–water partition coefficient (Wildman–Crippen LogP) is 0.137. The van der Waals surface area contributed by atoms with Crippen LogP contribution in [0.3, 0.4) is 0 Å². The van der Waals surface area contributed by atoms with E-state index in [0.29, 0.717) is 12.5 Å². The number of rotatable bonds is 5. The number of aliphatic imine (C=N–C) groups is 1. The van der Waals surface area contributed by atoms with E-state index in [-0.39, 0.29) is 11.8 Å². The molecular weight excluding hydrogens is 226 g/mol. The summed E-state index contributed by atoms with van der Waals surface area (Å²) < 4.78 is 22.0. The third-order valence-electron chi connectivity index (χ3n) is 2.45. The van der Waals surface area contributed by atoms with Gasteiger partial charge in [0.2, 0.25) is 0 Å². The van der Waals surface area contributed by atoms with E-state index in [1.807, 2.05) is 6.92 Å². The van der Waals surface area contributed by atoms with E-state index in [2.05, 4.69) is 15.6 Å². The lowest BCUT2D eigenvalue weighted by Gasteiger charge is -2.17. The molecule has 0 amide bonds. The first kappa shape index (κ1) is 13.3. The second kappa shape index (κ2) is 5.52. The molecule has 94 valence electrons. The Labute approximate surface area is 97.6 Å². The van der Waals surface area contributed by atoms with Crippen LogP contribution in [-0.4, -0.2) is 45.5 Å². The van der Waals surface area contributed by atoms with Gasteiger partial charge in [0, 0.05) is 25.4 Å². The molecule has 16 heavy (non-hydrogen) atoms. The van der Waals surface area contributed by atoms with Gasteiger partial charge in [-0.25, -0.2) is 8.42 Å².